The molecule has 6 heteroatoms. The van der Waals surface area contributed by atoms with Crippen LogP contribution in [0.4, 0.5) is 5.69 Å². The fourth-order valence-corrected chi connectivity index (χ4v) is 3.75. The summed E-state index contributed by atoms with van der Waals surface area (Å²) in [5, 5.41) is 2.67. The number of anilines is 1. The highest BCUT2D eigenvalue weighted by molar-refractivity contribution is 6.30. The Bertz CT molecular complexity index is 837. The Kier molecular flexibility index (Phi) is 8.29. The minimum absolute atomic E-state index is 0.149. The van der Waals surface area contributed by atoms with Crippen LogP contribution < -0.4 is 15.0 Å². The number of carbonyl (C=O) groups is 2. The number of halogens is 1. The number of benzene rings is 2. The SMILES string of the molecule is CCCCCCOc1ccc(N2C(=O)C[C@H]([NH2+]CCc3ccc(Cl)cc3)C2=O)cc1. The van der Waals surface area contributed by atoms with Crippen LogP contribution >= 0.6 is 11.6 Å². The number of nitrogens with two attached hydrogens (primary N) is 1. The summed E-state index contributed by atoms with van der Waals surface area (Å²) < 4.78 is 5.74. The lowest BCUT2D eigenvalue weighted by Gasteiger charge is -2.15. The molecule has 5 nitrogen and oxygen atoms in total. The molecule has 3 rings (SSSR count). The molecule has 2 amide bonds. The van der Waals surface area contributed by atoms with Crippen LogP contribution in [0.25, 0.3) is 0 Å². The van der Waals surface area contributed by atoms with Gasteiger partial charge in [-0.2, -0.15) is 0 Å². The molecule has 1 saturated heterocycles. The summed E-state index contributed by atoms with van der Waals surface area (Å²) in [5.74, 6) is 0.464. The summed E-state index contributed by atoms with van der Waals surface area (Å²) in [5.41, 5.74) is 1.77. The van der Waals surface area contributed by atoms with Crippen LogP contribution in [-0.2, 0) is 16.0 Å². The van der Waals surface area contributed by atoms with E-state index in [2.05, 4.69) is 6.92 Å². The summed E-state index contributed by atoms with van der Waals surface area (Å²) in [7, 11) is 0. The summed E-state index contributed by atoms with van der Waals surface area (Å²) in [6, 6.07) is 14.6. The van der Waals surface area contributed by atoms with Gasteiger partial charge in [0.1, 0.15) is 5.75 Å². The van der Waals surface area contributed by atoms with Crippen molar-refractivity contribution in [3.05, 3.63) is 59.1 Å². The maximum Gasteiger partial charge on any atom is 0.292 e. The second kappa shape index (κ2) is 11.1. The molecule has 2 aromatic carbocycles. The van der Waals surface area contributed by atoms with Crippen molar-refractivity contribution in [2.24, 2.45) is 0 Å². The maximum atomic E-state index is 12.8. The van der Waals surface area contributed by atoms with E-state index in [9.17, 15) is 9.59 Å². The maximum absolute atomic E-state index is 12.8. The van der Waals surface area contributed by atoms with Crippen molar-refractivity contribution in [1.82, 2.24) is 0 Å². The molecule has 0 spiro atoms. The van der Waals surface area contributed by atoms with Crippen molar-refractivity contribution in [2.45, 2.75) is 51.5 Å². The van der Waals surface area contributed by atoms with Crippen LogP contribution in [0.15, 0.2) is 48.5 Å². The quantitative estimate of drug-likeness (QED) is 0.437. The first kappa shape index (κ1) is 22.3. The Morgan fingerprint density at radius 2 is 1.77 bits per heavy atom. The molecule has 1 atom stereocenters. The zero-order valence-electron chi connectivity index (χ0n) is 17.5. The van der Waals surface area contributed by atoms with E-state index >= 15 is 0 Å². The zero-order chi connectivity index (χ0) is 21.3. The minimum atomic E-state index is -0.362. The van der Waals surface area contributed by atoms with Crippen molar-refractivity contribution >= 4 is 29.1 Å². The smallest absolute Gasteiger partial charge is 0.292 e. The van der Waals surface area contributed by atoms with Crippen LogP contribution in [0, 0.1) is 0 Å². The van der Waals surface area contributed by atoms with Gasteiger partial charge in [0.2, 0.25) is 5.91 Å². The summed E-state index contributed by atoms with van der Waals surface area (Å²) >= 11 is 5.91. The Morgan fingerprint density at radius 1 is 1.03 bits per heavy atom. The van der Waals surface area contributed by atoms with Gasteiger partial charge in [0.05, 0.1) is 25.3 Å². The van der Waals surface area contributed by atoms with Crippen molar-refractivity contribution in [3.63, 3.8) is 0 Å². The van der Waals surface area contributed by atoms with Gasteiger partial charge in [-0.1, -0.05) is 49.9 Å². The van der Waals surface area contributed by atoms with E-state index in [1.807, 2.05) is 41.7 Å². The standard InChI is InChI=1S/C24H29ClN2O3/c1-2-3-4-5-16-30-21-12-10-20(11-13-21)27-23(28)17-22(24(27)29)26-15-14-18-6-8-19(25)9-7-18/h6-13,22,26H,2-5,14-17H2,1H3/p+1/t22-/m0/s1. The summed E-state index contributed by atoms with van der Waals surface area (Å²) in [6.07, 6.45) is 5.67. The molecule has 0 aliphatic carbocycles. The Hall–Kier alpha value is -2.37. The molecule has 0 aromatic heterocycles. The number of nitrogens with zero attached hydrogens (tertiary/aromatic N) is 1. The van der Waals surface area contributed by atoms with Gasteiger partial charge in [-0.25, -0.2) is 4.90 Å². The molecule has 1 fully saturated rings. The van der Waals surface area contributed by atoms with E-state index in [0.717, 1.165) is 30.7 Å². The average Bonchev–Trinajstić information content (AvgIpc) is 3.03. The second-order valence-electron chi connectivity index (χ2n) is 7.68. The monoisotopic (exact) mass is 429 g/mol. The molecule has 1 heterocycles. The van der Waals surface area contributed by atoms with E-state index in [0.29, 0.717) is 17.3 Å². The third kappa shape index (κ3) is 6.07. The normalized spacial score (nSPS) is 16.3. The number of carbonyl (C=O) groups excluding carboxylic acids is 2. The molecule has 0 unspecified atom stereocenters. The topological polar surface area (TPSA) is 63.2 Å². The molecule has 2 N–H and O–H groups in total. The van der Waals surface area contributed by atoms with Crippen molar-refractivity contribution < 1.29 is 19.6 Å². The molecule has 1 aliphatic heterocycles. The number of hydrogen-bond donors (Lipinski definition) is 1. The molecule has 2 aromatic rings. The van der Waals surface area contributed by atoms with Gasteiger partial charge < -0.3 is 10.1 Å². The predicted octanol–water partition coefficient (Wildman–Crippen LogP) is 3.74. The molecule has 0 bridgehead atoms. The average molecular weight is 430 g/mol. The third-order valence-corrected chi connectivity index (χ3v) is 5.59. The Labute approximate surface area is 183 Å². The molecule has 0 saturated carbocycles. The number of rotatable bonds is 11. The second-order valence-corrected chi connectivity index (χ2v) is 8.12. The Balaban J connectivity index is 1.49. The fourth-order valence-electron chi connectivity index (χ4n) is 3.62. The molecule has 160 valence electrons. The van der Waals surface area contributed by atoms with Gasteiger partial charge in [-0.3, -0.25) is 9.59 Å². The predicted molar refractivity (Wildman–Crippen MR) is 119 cm³/mol. The first-order valence-corrected chi connectivity index (χ1v) is 11.1. The van der Waals surface area contributed by atoms with Gasteiger partial charge in [-0.05, 0) is 48.4 Å². The van der Waals surface area contributed by atoms with Crippen LogP contribution in [-0.4, -0.2) is 31.0 Å². The fraction of sp³-hybridized carbons (Fsp3) is 0.417. The number of imide groups is 1. The molecule has 0 radical (unpaired) electrons. The van der Waals surface area contributed by atoms with Gasteiger partial charge in [0, 0.05) is 11.4 Å². The van der Waals surface area contributed by atoms with Crippen molar-refractivity contribution in [1.29, 1.82) is 0 Å². The van der Waals surface area contributed by atoms with Gasteiger partial charge >= 0.3 is 0 Å². The summed E-state index contributed by atoms with van der Waals surface area (Å²) in [4.78, 5) is 26.5. The highest BCUT2D eigenvalue weighted by Gasteiger charge is 2.42. The lowest BCUT2D eigenvalue weighted by Crippen LogP contribution is -2.92. The highest BCUT2D eigenvalue weighted by Crippen LogP contribution is 2.24. The first-order valence-electron chi connectivity index (χ1n) is 10.8. The van der Waals surface area contributed by atoms with Gasteiger partial charge in [0.15, 0.2) is 6.04 Å². The van der Waals surface area contributed by atoms with Crippen LogP contribution in [0.2, 0.25) is 5.02 Å². The number of ether oxygens (including phenoxy) is 1. The van der Waals surface area contributed by atoms with Crippen molar-refractivity contribution in [2.75, 3.05) is 18.1 Å². The minimum Gasteiger partial charge on any atom is -0.494 e. The zero-order valence-corrected chi connectivity index (χ0v) is 18.2. The van der Waals surface area contributed by atoms with Crippen LogP contribution in [0.5, 0.6) is 5.75 Å². The lowest BCUT2D eigenvalue weighted by molar-refractivity contribution is -0.674. The van der Waals surface area contributed by atoms with Crippen LogP contribution in [0.3, 0.4) is 0 Å². The van der Waals surface area contributed by atoms with E-state index in [4.69, 9.17) is 16.3 Å². The number of quaternary nitrogens is 1. The first-order chi connectivity index (χ1) is 14.6. The largest absolute Gasteiger partial charge is 0.494 e. The molecule has 1 aliphatic rings. The van der Waals surface area contributed by atoms with Crippen molar-refractivity contribution in [3.8, 4) is 5.75 Å². The Morgan fingerprint density at radius 3 is 2.47 bits per heavy atom. The molecule has 30 heavy (non-hydrogen) atoms. The number of hydrogen-bond acceptors (Lipinski definition) is 3. The van der Waals surface area contributed by atoms with Crippen LogP contribution in [0.1, 0.15) is 44.6 Å². The highest BCUT2D eigenvalue weighted by atomic mass is 35.5. The lowest BCUT2D eigenvalue weighted by atomic mass is 10.1. The van der Waals surface area contributed by atoms with Gasteiger partial charge in [-0.15, -0.1) is 0 Å². The summed E-state index contributed by atoms with van der Waals surface area (Å²) in [6.45, 7) is 3.61. The molecular formula is C24H30ClN2O3+. The third-order valence-electron chi connectivity index (χ3n) is 5.34. The number of unbranched alkanes of at least 4 members (excludes halogenated alkanes) is 3. The van der Waals surface area contributed by atoms with Gasteiger partial charge in [0.25, 0.3) is 5.91 Å². The number of amides is 2. The van der Waals surface area contributed by atoms with E-state index < -0.39 is 0 Å². The molecular weight excluding hydrogens is 400 g/mol. The van der Waals surface area contributed by atoms with E-state index in [1.54, 1.807) is 12.1 Å². The van der Waals surface area contributed by atoms with E-state index in [-0.39, 0.29) is 24.3 Å². The van der Waals surface area contributed by atoms with E-state index in [1.165, 1.54) is 24.2 Å².